The SMILES string of the molecule is NCCCCC(N)C(=O)NC(CCCN=C(N)N)C(=O)NC(CC(=O)O)C(=O)NC(Cc1ccccc1)C(=O)O. The maximum Gasteiger partial charge on any atom is 0.326 e. The number of nitrogens with zero attached hydrogens (tertiary/aromatic N) is 1. The first-order valence-corrected chi connectivity index (χ1v) is 12.8. The molecule has 40 heavy (non-hydrogen) atoms. The van der Waals surface area contributed by atoms with E-state index in [1.54, 1.807) is 30.3 Å². The van der Waals surface area contributed by atoms with Crippen LogP contribution in [0.4, 0.5) is 0 Å². The summed E-state index contributed by atoms with van der Waals surface area (Å²) in [5, 5.41) is 26.1. The highest BCUT2D eigenvalue weighted by Crippen LogP contribution is 2.07. The molecule has 0 aliphatic carbocycles. The van der Waals surface area contributed by atoms with E-state index in [-0.39, 0.29) is 31.8 Å². The van der Waals surface area contributed by atoms with Gasteiger partial charge in [-0.2, -0.15) is 0 Å². The molecular formula is C25H40N8O7. The molecule has 4 unspecified atom stereocenters. The van der Waals surface area contributed by atoms with Crippen LogP contribution in [0.15, 0.2) is 35.3 Å². The Morgan fingerprint density at radius 2 is 1.40 bits per heavy atom. The topological polar surface area (TPSA) is 278 Å². The Bertz CT molecular complexity index is 1020. The second-order valence-electron chi connectivity index (χ2n) is 9.15. The fourth-order valence-corrected chi connectivity index (χ4v) is 3.67. The highest BCUT2D eigenvalue weighted by atomic mass is 16.4. The maximum absolute atomic E-state index is 13.1. The molecule has 0 heterocycles. The molecule has 0 fully saturated rings. The fourth-order valence-electron chi connectivity index (χ4n) is 3.67. The van der Waals surface area contributed by atoms with Crippen molar-refractivity contribution in [3.63, 3.8) is 0 Å². The first-order valence-electron chi connectivity index (χ1n) is 12.8. The van der Waals surface area contributed by atoms with Crippen molar-refractivity contribution in [3.8, 4) is 0 Å². The van der Waals surface area contributed by atoms with E-state index in [4.69, 9.17) is 22.9 Å². The predicted octanol–water partition coefficient (Wildman–Crippen LogP) is -2.25. The lowest BCUT2D eigenvalue weighted by molar-refractivity contribution is -0.143. The summed E-state index contributed by atoms with van der Waals surface area (Å²) in [6.07, 6.45) is 0.985. The Labute approximate surface area is 232 Å². The van der Waals surface area contributed by atoms with Gasteiger partial charge in [-0.3, -0.25) is 24.2 Å². The number of carboxylic acids is 2. The van der Waals surface area contributed by atoms with Gasteiger partial charge < -0.3 is 49.1 Å². The minimum Gasteiger partial charge on any atom is -0.481 e. The minimum atomic E-state index is -1.63. The summed E-state index contributed by atoms with van der Waals surface area (Å²) < 4.78 is 0. The number of carbonyl (C=O) groups excluding carboxylic acids is 3. The third kappa shape index (κ3) is 13.5. The van der Waals surface area contributed by atoms with Gasteiger partial charge in [-0.05, 0) is 37.8 Å². The number of amides is 3. The largest absolute Gasteiger partial charge is 0.481 e. The number of guanidine groups is 1. The van der Waals surface area contributed by atoms with Crippen molar-refractivity contribution in [2.75, 3.05) is 13.1 Å². The van der Waals surface area contributed by atoms with E-state index >= 15 is 0 Å². The average Bonchev–Trinajstić information content (AvgIpc) is 2.89. The summed E-state index contributed by atoms with van der Waals surface area (Å²) in [5.74, 6) is -5.40. The van der Waals surface area contributed by atoms with E-state index in [9.17, 15) is 34.2 Å². The van der Waals surface area contributed by atoms with Crippen LogP contribution >= 0.6 is 0 Å². The Hall–Kier alpha value is -4.24. The van der Waals surface area contributed by atoms with E-state index in [1.165, 1.54) is 0 Å². The van der Waals surface area contributed by atoms with Gasteiger partial charge in [0.2, 0.25) is 17.7 Å². The van der Waals surface area contributed by atoms with Gasteiger partial charge in [0.05, 0.1) is 12.5 Å². The van der Waals surface area contributed by atoms with Crippen LogP contribution in [0.2, 0.25) is 0 Å². The molecule has 0 spiro atoms. The van der Waals surface area contributed by atoms with Gasteiger partial charge in [-0.25, -0.2) is 4.79 Å². The lowest BCUT2D eigenvalue weighted by atomic mass is 10.0. The van der Waals surface area contributed by atoms with E-state index in [2.05, 4.69) is 20.9 Å². The molecule has 1 aromatic rings. The highest BCUT2D eigenvalue weighted by molar-refractivity contribution is 5.95. The van der Waals surface area contributed by atoms with Crippen molar-refractivity contribution in [2.24, 2.45) is 27.9 Å². The molecule has 0 aliphatic heterocycles. The summed E-state index contributed by atoms with van der Waals surface area (Å²) in [6, 6.07) is 3.37. The molecule has 0 radical (unpaired) electrons. The molecule has 0 aliphatic rings. The molecular weight excluding hydrogens is 524 g/mol. The standard InChI is InChI=1S/C25H40N8O7/c26-11-5-4-9-16(27)21(36)31-17(10-6-12-30-25(28)29)22(37)32-18(14-20(34)35)23(38)33-19(24(39)40)13-15-7-2-1-3-8-15/h1-3,7-8,16-19H,4-6,9-14,26-27H2,(H,31,36)(H,32,37)(H,33,38)(H,34,35)(H,39,40)(H4,28,29,30). The van der Waals surface area contributed by atoms with Crippen LogP contribution in [0.5, 0.6) is 0 Å². The van der Waals surface area contributed by atoms with Crippen molar-refractivity contribution in [1.29, 1.82) is 0 Å². The second kappa shape index (κ2) is 18.1. The average molecular weight is 565 g/mol. The lowest BCUT2D eigenvalue weighted by Gasteiger charge is -2.24. The Morgan fingerprint density at radius 3 is 1.98 bits per heavy atom. The van der Waals surface area contributed by atoms with Gasteiger partial charge in [0, 0.05) is 13.0 Å². The van der Waals surface area contributed by atoms with Gasteiger partial charge in [0.25, 0.3) is 0 Å². The minimum absolute atomic E-state index is 0.0387. The summed E-state index contributed by atoms with van der Waals surface area (Å²) in [7, 11) is 0. The van der Waals surface area contributed by atoms with E-state index in [0.29, 0.717) is 31.4 Å². The highest BCUT2D eigenvalue weighted by Gasteiger charge is 2.31. The number of hydrogen-bond donors (Lipinski definition) is 9. The first kappa shape index (κ1) is 33.8. The number of rotatable bonds is 19. The van der Waals surface area contributed by atoms with Crippen LogP contribution in [0.25, 0.3) is 0 Å². The molecule has 3 amide bonds. The first-order chi connectivity index (χ1) is 18.9. The molecule has 0 saturated heterocycles. The summed E-state index contributed by atoms with van der Waals surface area (Å²) in [4.78, 5) is 65.8. The van der Waals surface area contributed by atoms with Crippen LogP contribution < -0.4 is 38.9 Å². The fraction of sp³-hybridized carbons (Fsp3) is 0.520. The summed E-state index contributed by atoms with van der Waals surface area (Å²) in [5.41, 5.74) is 22.6. The number of aliphatic carboxylic acids is 2. The molecule has 222 valence electrons. The van der Waals surface area contributed by atoms with Gasteiger partial charge >= 0.3 is 11.9 Å². The molecule has 0 aromatic heterocycles. The van der Waals surface area contributed by atoms with Crippen LogP contribution in [-0.4, -0.2) is 83.1 Å². The summed E-state index contributed by atoms with van der Waals surface area (Å²) in [6.45, 7) is 0.578. The van der Waals surface area contributed by atoms with Gasteiger partial charge in [0.1, 0.15) is 18.1 Å². The molecule has 13 N–H and O–H groups in total. The van der Waals surface area contributed by atoms with Gasteiger partial charge in [-0.1, -0.05) is 36.8 Å². The van der Waals surface area contributed by atoms with Crippen LogP contribution in [0, 0.1) is 0 Å². The quantitative estimate of drug-likeness (QED) is 0.0491. The Balaban J connectivity index is 3.02. The van der Waals surface area contributed by atoms with Crippen molar-refractivity contribution in [3.05, 3.63) is 35.9 Å². The number of carbonyl (C=O) groups is 5. The molecule has 0 bridgehead atoms. The van der Waals surface area contributed by atoms with Crippen molar-refractivity contribution in [1.82, 2.24) is 16.0 Å². The number of nitrogens with two attached hydrogens (primary N) is 4. The predicted molar refractivity (Wildman–Crippen MR) is 147 cm³/mol. The zero-order valence-corrected chi connectivity index (χ0v) is 22.3. The number of unbranched alkanes of at least 4 members (excludes halogenated alkanes) is 1. The van der Waals surface area contributed by atoms with Crippen LogP contribution in [0.3, 0.4) is 0 Å². The van der Waals surface area contributed by atoms with E-state index in [0.717, 1.165) is 0 Å². The summed E-state index contributed by atoms with van der Waals surface area (Å²) >= 11 is 0. The van der Waals surface area contributed by atoms with E-state index in [1.807, 2.05) is 0 Å². The van der Waals surface area contributed by atoms with Crippen LogP contribution in [0.1, 0.15) is 44.1 Å². The molecule has 0 saturated carbocycles. The van der Waals surface area contributed by atoms with Gasteiger partial charge in [-0.15, -0.1) is 0 Å². The van der Waals surface area contributed by atoms with Crippen molar-refractivity contribution >= 4 is 35.6 Å². The monoisotopic (exact) mass is 564 g/mol. The third-order valence-electron chi connectivity index (χ3n) is 5.79. The zero-order chi connectivity index (χ0) is 30.1. The van der Waals surface area contributed by atoms with E-state index < -0.39 is 60.2 Å². The number of hydrogen-bond acceptors (Lipinski definition) is 8. The Morgan fingerprint density at radius 1 is 0.800 bits per heavy atom. The number of nitrogens with one attached hydrogen (secondary N) is 3. The molecule has 4 atom stereocenters. The normalized spacial score (nSPS) is 13.7. The molecule has 15 heteroatoms. The Kier molecular flexibility index (Phi) is 15.3. The van der Waals surface area contributed by atoms with Crippen LogP contribution in [-0.2, 0) is 30.4 Å². The van der Waals surface area contributed by atoms with Crippen molar-refractivity contribution < 1.29 is 34.2 Å². The molecule has 15 nitrogen and oxygen atoms in total. The van der Waals surface area contributed by atoms with Gasteiger partial charge in [0.15, 0.2) is 5.96 Å². The zero-order valence-electron chi connectivity index (χ0n) is 22.3. The second-order valence-corrected chi connectivity index (χ2v) is 9.15. The number of benzene rings is 1. The molecule has 1 aromatic carbocycles. The smallest absolute Gasteiger partial charge is 0.326 e. The lowest BCUT2D eigenvalue weighted by Crippen LogP contribution is -2.57. The van der Waals surface area contributed by atoms with Crippen molar-refractivity contribution in [2.45, 2.75) is 69.1 Å². The third-order valence-corrected chi connectivity index (χ3v) is 5.79. The number of carboxylic acid groups (broad SMARTS) is 2. The molecule has 1 rings (SSSR count). The number of aliphatic imine (C=N–C) groups is 1. The maximum atomic E-state index is 13.1.